The highest BCUT2D eigenvalue weighted by molar-refractivity contribution is 5.80. The average molecular weight is 333 g/mol. The minimum absolute atomic E-state index is 0.0122. The monoisotopic (exact) mass is 333 g/mol. The van der Waals surface area contributed by atoms with Gasteiger partial charge in [0.2, 0.25) is 11.8 Å². The summed E-state index contributed by atoms with van der Waals surface area (Å²) >= 11 is 0. The van der Waals surface area contributed by atoms with Crippen LogP contribution in [0.3, 0.4) is 0 Å². The van der Waals surface area contributed by atoms with Gasteiger partial charge in [0.05, 0.1) is 7.11 Å². The van der Waals surface area contributed by atoms with E-state index in [9.17, 15) is 9.59 Å². The van der Waals surface area contributed by atoms with Crippen LogP contribution in [0.25, 0.3) is 0 Å². The molecule has 6 heteroatoms. The van der Waals surface area contributed by atoms with Crippen molar-refractivity contribution in [3.8, 4) is 5.75 Å². The quantitative estimate of drug-likeness (QED) is 0.787. The minimum Gasteiger partial charge on any atom is -0.497 e. The zero-order valence-corrected chi connectivity index (χ0v) is 14.3. The van der Waals surface area contributed by atoms with Crippen molar-refractivity contribution in [2.45, 2.75) is 32.2 Å². The number of hydrogen-bond donors (Lipinski definition) is 2. The summed E-state index contributed by atoms with van der Waals surface area (Å²) in [6, 6.07) is 7.65. The van der Waals surface area contributed by atoms with E-state index in [2.05, 4.69) is 5.32 Å². The topological polar surface area (TPSA) is 84.7 Å². The maximum absolute atomic E-state index is 12.3. The SMILES string of the molecule is COc1ccc(CNC(=O)C2CCN(C(=O)CCCN)CC2)cc1. The van der Waals surface area contributed by atoms with Crippen LogP contribution in [0.5, 0.6) is 5.75 Å². The molecular weight excluding hydrogens is 306 g/mol. The first-order chi connectivity index (χ1) is 11.6. The van der Waals surface area contributed by atoms with Crippen molar-refractivity contribution in [3.63, 3.8) is 0 Å². The normalized spacial score (nSPS) is 15.2. The summed E-state index contributed by atoms with van der Waals surface area (Å²) in [7, 11) is 1.63. The molecular formula is C18H27N3O3. The number of amides is 2. The van der Waals surface area contributed by atoms with E-state index in [1.54, 1.807) is 7.11 Å². The van der Waals surface area contributed by atoms with Crippen molar-refractivity contribution in [1.82, 2.24) is 10.2 Å². The Kier molecular flexibility index (Phi) is 7.06. The van der Waals surface area contributed by atoms with Crippen molar-refractivity contribution in [2.75, 3.05) is 26.7 Å². The second-order valence-electron chi connectivity index (χ2n) is 6.11. The highest BCUT2D eigenvalue weighted by Crippen LogP contribution is 2.19. The van der Waals surface area contributed by atoms with Gasteiger partial charge in [0, 0.05) is 32.0 Å². The highest BCUT2D eigenvalue weighted by atomic mass is 16.5. The third-order valence-electron chi connectivity index (χ3n) is 4.44. The number of carbonyl (C=O) groups excluding carboxylic acids is 2. The molecule has 1 heterocycles. The number of hydrogen-bond acceptors (Lipinski definition) is 4. The predicted molar refractivity (Wildman–Crippen MR) is 92.4 cm³/mol. The van der Waals surface area contributed by atoms with Gasteiger partial charge in [0.15, 0.2) is 0 Å². The zero-order chi connectivity index (χ0) is 17.4. The van der Waals surface area contributed by atoms with Gasteiger partial charge in [-0.2, -0.15) is 0 Å². The molecule has 0 aliphatic carbocycles. The molecule has 1 aliphatic rings. The van der Waals surface area contributed by atoms with Crippen molar-refractivity contribution < 1.29 is 14.3 Å². The molecule has 0 bridgehead atoms. The lowest BCUT2D eigenvalue weighted by Gasteiger charge is -2.31. The fourth-order valence-corrected chi connectivity index (χ4v) is 2.88. The van der Waals surface area contributed by atoms with Crippen molar-refractivity contribution in [2.24, 2.45) is 11.7 Å². The first-order valence-electron chi connectivity index (χ1n) is 8.52. The lowest BCUT2D eigenvalue weighted by Crippen LogP contribution is -2.43. The lowest BCUT2D eigenvalue weighted by atomic mass is 9.95. The number of methoxy groups -OCH3 is 1. The summed E-state index contributed by atoms with van der Waals surface area (Å²) < 4.78 is 5.12. The molecule has 1 aromatic carbocycles. The maximum atomic E-state index is 12.3. The zero-order valence-electron chi connectivity index (χ0n) is 14.3. The number of nitrogens with one attached hydrogen (secondary N) is 1. The Labute approximate surface area is 143 Å². The average Bonchev–Trinajstić information content (AvgIpc) is 2.64. The van der Waals surface area contributed by atoms with Gasteiger partial charge in [0.1, 0.15) is 5.75 Å². The van der Waals surface area contributed by atoms with Gasteiger partial charge in [0.25, 0.3) is 0 Å². The van der Waals surface area contributed by atoms with Crippen LogP contribution in [0.15, 0.2) is 24.3 Å². The third-order valence-corrected chi connectivity index (χ3v) is 4.44. The summed E-state index contributed by atoms with van der Waals surface area (Å²) in [5, 5.41) is 2.98. The summed E-state index contributed by atoms with van der Waals surface area (Å²) in [6.45, 7) is 2.36. The molecule has 0 atom stereocenters. The van der Waals surface area contributed by atoms with Crippen LogP contribution in [0.2, 0.25) is 0 Å². The molecule has 6 nitrogen and oxygen atoms in total. The number of nitrogens with zero attached hydrogens (tertiary/aromatic N) is 1. The first kappa shape index (κ1) is 18.3. The Hall–Kier alpha value is -2.08. The van der Waals surface area contributed by atoms with Gasteiger partial charge in [-0.15, -0.1) is 0 Å². The Morgan fingerprint density at radius 1 is 1.25 bits per heavy atom. The minimum atomic E-state index is -0.0122. The van der Waals surface area contributed by atoms with Crippen LogP contribution in [0.1, 0.15) is 31.2 Å². The second kappa shape index (κ2) is 9.27. The smallest absolute Gasteiger partial charge is 0.223 e. The molecule has 3 N–H and O–H groups in total. The molecule has 2 rings (SSSR count). The molecule has 1 aliphatic heterocycles. The molecule has 1 aromatic rings. The molecule has 0 saturated carbocycles. The van der Waals surface area contributed by atoms with Crippen LogP contribution >= 0.6 is 0 Å². The summed E-state index contributed by atoms with van der Waals surface area (Å²) in [6.07, 6.45) is 2.68. The first-order valence-corrected chi connectivity index (χ1v) is 8.52. The number of rotatable bonds is 7. The van der Waals surface area contributed by atoms with Gasteiger partial charge in [-0.05, 0) is 43.5 Å². The number of likely N-dealkylation sites (tertiary alicyclic amines) is 1. The third kappa shape index (κ3) is 5.23. The van der Waals surface area contributed by atoms with E-state index in [1.165, 1.54) is 0 Å². The lowest BCUT2D eigenvalue weighted by molar-refractivity contribution is -0.135. The number of piperidine rings is 1. The number of carbonyl (C=O) groups is 2. The summed E-state index contributed by atoms with van der Waals surface area (Å²) in [5.41, 5.74) is 6.48. The molecule has 0 radical (unpaired) electrons. The molecule has 1 saturated heterocycles. The van der Waals surface area contributed by atoms with Gasteiger partial charge in [-0.25, -0.2) is 0 Å². The number of ether oxygens (including phenoxy) is 1. The van der Waals surface area contributed by atoms with E-state index in [-0.39, 0.29) is 17.7 Å². The van der Waals surface area contributed by atoms with Gasteiger partial charge in [-0.1, -0.05) is 12.1 Å². The second-order valence-corrected chi connectivity index (χ2v) is 6.11. The Bertz CT molecular complexity index is 537. The molecule has 1 fully saturated rings. The van der Waals surface area contributed by atoms with E-state index in [0.29, 0.717) is 32.6 Å². The van der Waals surface area contributed by atoms with Gasteiger partial charge < -0.3 is 20.7 Å². The Morgan fingerprint density at radius 3 is 2.50 bits per heavy atom. The molecule has 2 amide bonds. The van der Waals surface area contributed by atoms with Crippen LogP contribution in [-0.2, 0) is 16.1 Å². The number of benzene rings is 1. The highest BCUT2D eigenvalue weighted by Gasteiger charge is 2.26. The van der Waals surface area contributed by atoms with Crippen LogP contribution in [-0.4, -0.2) is 43.5 Å². The Morgan fingerprint density at radius 2 is 1.92 bits per heavy atom. The predicted octanol–water partition coefficient (Wildman–Crippen LogP) is 1.29. The molecule has 0 aromatic heterocycles. The molecule has 132 valence electrons. The summed E-state index contributed by atoms with van der Waals surface area (Å²) in [4.78, 5) is 26.1. The molecule has 0 spiro atoms. The van der Waals surface area contributed by atoms with E-state index >= 15 is 0 Å². The van der Waals surface area contributed by atoms with Crippen LogP contribution in [0.4, 0.5) is 0 Å². The Balaban J connectivity index is 1.73. The maximum Gasteiger partial charge on any atom is 0.223 e. The van der Waals surface area contributed by atoms with Crippen molar-refractivity contribution >= 4 is 11.8 Å². The van der Waals surface area contributed by atoms with E-state index in [0.717, 1.165) is 30.6 Å². The van der Waals surface area contributed by atoms with E-state index in [1.807, 2.05) is 29.2 Å². The van der Waals surface area contributed by atoms with Crippen LogP contribution < -0.4 is 15.8 Å². The number of nitrogens with two attached hydrogens (primary N) is 1. The fourth-order valence-electron chi connectivity index (χ4n) is 2.88. The standard InChI is InChI=1S/C18H27N3O3/c1-24-16-6-4-14(5-7-16)13-20-18(23)15-8-11-21(12-9-15)17(22)3-2-10-19/h4-7,15H,2-3,8-13,19H2,1H3,(H,20,23). The molecule has 24 heavy (non-hydrogen) atoms. The van der Waals surface area contributed by atoms with Gasteiger partial charge >= 0.3 is 0 Å². The van der Waals surface area contributed by atoms with Crippen LogP contribution in [0, 0.1) is 5.92 Å². The fraction of sp³-hybridized carbons (Fsp3) is 0.556. The van der Waals surface area contributed by atoms with E-state index < -0.39 is 0 Å². The largest absolute Gasteiger partial charge is 0.497 e. The van der Waals surface area contributed by atoms with Crippen molar-refractivity contribution in [3.05, 3.63) is 29.8 Å². The van der Waals surface area contributed by atoms with Crippen molar-refractivity contribution in [1.29, 1.82) is 0 Å². The molecule has 0 unspecified atom stereocenters. The van der Waals surface area contributed by atoms with Gasteiger partial charge in [-0.3, -0.25) is 9.59 Å². The summed E-state index contributed by atoms with van der Waals surface area (Å²) in [5.74, 6) is 1.01. The van der Waals surface area contributed by atoms with E-state index in [4.69, 9.17) is 10.5 Å².